The van der Waals surface area contributed by atoms with E-state index in [2.05, 4.69) is 4.74 Å². The Balaban J connectivity index is 2.16. The lowest BCUT2D eigenvalue weighted by molar-refractivity contribution is -0.197. The predicted molar refractivity (Wildman–Crippen MR) is 88.0 cm³/mol. The molecule has 0 amide bonds. The third-order valence-corrected chi connectivity index (χ3v) is 4.12. The van der Waals surface area contributed by atoms with Crippen LogP contribution in [-0.2, 0) is 14.9 Å². The van der Waals surface area contributed by atoms with Crippen LogP contribution in [0.1, 0.15) is 26.3 Å². The molecule has 0 bridgehead atoms. The van der Waals surface area contributed by atoms with E-state index < -0.39 is 34.1 Å². The molecule has 0 saturated carbocycles. The van der Waals surface area contributed by atoms with E-state index in [1.807, 2.05) is 0 Å². The number of carbonyl (C=O) groups excluding carboxylic acids is 2. The molecule has 0 spiro atoms. The van der Waals surface area contributed by atoms with E-state index >= 15 is 0 Å². The quantitative estimate of drug-likeness (QED) is 0.453. The number of alkyl halides is 3. The van der Waals surface area contributed by atoms with E-state index in [0.717, 1.165) is 12.1 Å². The number of halogens is 3. The number of ketones is 1. The Kier molecular flexibility index (Phi) is 6.01. The predicted octanol–water partition coefficient (Wildman–Crippen LogP) is 2.89. The maximum Gasteiger partial charge on any atom is 0.426 e. The highest BCUT2D eigenvalue weighted by Gasteiger charge is 2.45. The smallest absolute Gasteiger partial charge is 0.426 e. The van der Waals surface area contributed by atoms with Gasteiger partial charge in [0, 0.05) is 11.1 Å². The molecule has 144 valence electrons. The molecule has 0 heterocycles. The lowest BCUT2D eigenvalue weighted by atomic mass is 10.0. The van der Waals surface area contributed by atoms with E-state index in [9.17, 15) is 31.2 Å². The van der Waals surface area contributed by atoms with E-state index in [-0.39, 0.29) is 16.9 Å². The lowest BCUT2D eigenvalue weighted by Crippen LogP contribution is -2.39. The van der Waals surface area contributed by atoms with Crippen LogP contribution in [-0.4, -0.2) is 42.8 Å². The Morgan fingerprint density at radius 1 is 0.926 bits per heavy atom. The van der Waals surface area contributed by atoms with Crippen molar-refractivity contribution in [1.29, 1.82) is 0 Å². The molecule has 0 aromatic heterocycles. The molecule has 27 heavy (non-hydrogen) atoms. The molecule has 0 aliphatic carbocycles. The van der Waals surface area contributed by atoms with Crippen LogP contribution < -0.4 is 0 Å². The van der Waals surface area contributed by atoms with Crippen molar-refractivity contribution in [2.45, 2.75) is 12.3 Å². The van der Waals surface area contributed by atoms with Gasteiger partial charge in [0.2, 0.25) is 6.10 Å². The maximum absolute atomic E-state index is 12.8. The van der Waals surface area contributed by atoms with Crippen LogP contribution in [0.5, 0.6) is 0 Å². The first-order valence-electron chi connectivity index (χ1n) is 7.40. The van der Waals surface area contributed by atoms with E-state index in [1.54, 1.807) is 30.3 Å². The fraction of sp³-hybridized carbons (Fsp3) is 0.176. The molecular formula is C17H13F3O6S. The van der Waals surface area contributed by atoms with Crippen molar-refractivity contribution in [3.63, 3.8) is 0 Å². The van der Waals surface area contributed by atoms with Crippen LogP contribution in [0.4, 0.5) is 13.2 Å². The van der Waals surface area contributed by atoms with Gasteiger partial charge in [0.25, 0.3) is 10.1 Å². The number of esters is 1. The average molecular weight is 402 g/mol. The number of benzene rings is 2. The molecule has 0 radical (unpaired) electrons. The van der Waals surface area contributed by atoms with Crippen molar-refractivity contribution in [2.24, 2.45) is 0 Å². The van der Waals surface area contributed by atoms with Gasteiger partial charge < -0.3 is 4.74 Å². The third-order valence-electron chi connectivity index (χ3n) is 3.40. The number of hydrogen-bond acceptors (Lipinski definition) is 5. The molecule has 0 aliphatic heterocycles. The molecule has 0 fully saturated rings. The first-order chi connectivity index (χ1) is 12.5. The number of carbonyl (C=O) groups is 2. The summed E-state index contributed by atoms with van der Waals surface area (Å²) < 4.78 is 72.5. The lowest BCUT2D eigenvalue weighted by Gasteiger charge is -2.19. The highest BCUT2D eigenvalue weighted by molar-refractivity contribution is 7.85. The molecule has 2 aromatic rings. The number of ether oxygens (including phenoxy) is 1. The summed E-state index contributed by atoms with van der Waals surface area (Å²) in [5, 5.41) is 0. The molecule has 1 unspecified atom stereocenters. The Hall–Kier alpha value is -2.72. The van der Waals surface area contributed by atoms with Gasteiger partial charge in [-0.1, -0.05) is 42.5 Å². The normalized spacial score (nSPS) is 13.0. The van der Waals surface area contributed by atoms with E-state index in [0.29, 0.717) is 5.56 Å². The van der Waals surface area contributed by atoms with Gasteiger partial charge in [-0.2, -0.15) is 21.6 Å². The largest absolute Gasteiger partial charge is 0.448 e. The molecule has 1 atom stereocenters. The summed E-state index contributed by atoms with van der Waals surface area (Å²) in [5.41, 5.74) is 0.269. The van der Waals surface area contributed by atoms with Gasteiger partial charge in [-0.25, -0.2) is 4.79 Å². The summed E-state index contributed by atoms with van der Waals surface area (Å²) >= 11 is 0. The first kappa shape index (κ1) is 20.6. The van der Waals surface area contributed by atoms with Gasteiger partial charge in [-0.15, -0.1) is 0 Å². The number of hydrogen-bond donors (Lipinski definition) is 1. The van der Waals surface area contributed by atoms with Crippen LogP contribution in [0.2, 0.25) is 0 Å². The molecule has 0 aliphatic rings. The van der Waals surface area contributed by atoms with Crippen molar-refractivity contribution >= 4 is 21.9 Å². The molecule has 10 heteroatoms. The Labute approximate surface area is 152 Å². The minimum Gasteiger partial charge on any atom is -0.448 e. The summed E-state index contributed by atoms with van der Waals surface area (Å²) in [5.74, 6) is -3.61. The van der Waals surface area contributed by atoms with Crippen LogP contribution in [0.25, 0.3) is 0 Å². The minimum absolute atomic E-state index is 0.197. The molecule has 1 N–H and O–H groups in total. The zero-order chi connectivity index (χ0) is 20.2. The summed E-state index contributed by atoms with van der Waals surface area (Å²) in [7, 11) is -5.02. The van der Waals surface area contributed by atoms with Crippen LogP contribution in [0, 0.1) is 0 Å². The fourth-order valence-corrected chi connectivity index (χ4v) is 2.74. The van der Waals surface area contributed by atoms with Crippen molar-refractivity contribution < 1.29 is 40.5 Å². The Morgan fingerprint density at radius 3 is 1.89 bits per heavy atom. The van der Waals surface area contributed by atoms with Gasteiger partial charge in [0.15, 0.2) is 5.78 Å². The third kappa shape index (κ3) is 5.90. The summed E-state index contributed by atoms with van der Waals surface area (Å²) in [6.07, 6.45) is -8.21. The Bertz CT molecular complexity index is 921. The van der Waals surface area contributed by atoms with Crippen molar-refractivity contribution in [2.75, 3.05) is 5.75 Å². The van der Waals surface area contributed by atoms with Crippen molar-refractivity contribution in [3.8, 4) is 0 Å². The minimum atomic E-state index is -5.19. The zero-order valence-corrected chi connectivity index (χ0v) is 14.3. The monoisotopic (exact) mass is 402 g/mol. The second-order valence-electron chi connectivity index (χ2n) is 5.46. The second-order valence-corrected chi connectivity index (χ2v) is 6.95. The first-order valence-corrected chi connectivity index (χ1v) is 9.01. The van der Waals surface area contributed by atoms with Gasteiger partial charge >= 0.3 is 12.1 Å². The zero-order valence-electron chi connectivity index (χ0n) is 13.5. The van der Waals surface area contributed by atoms with Gasteiger partial charge in [0.1, 0.15) is 5.75 Å². The molecular weight excluding hydrogens is 389 g/mol. The number of rotatable bonds is 6. The standard InChI is InChI=1S/C17H13F3O6S/c18-17(19,20)14(10-27(23,24)25)26-16(22)13-8-6-12(7-9-13)15(21)11-4-2-1-3-5-11/h1-9,14H,10H2,(H,23,24,25). The van der Waals surface area contributed by atoms with Gasteiger partial charge in [-0.3, -0.25) is 9.35 Å². The van der Waals surface area contributed by atoms with Crippen LogP contribution in [0.15, 0.2) is 54.6 Å². The van der Waals surface area contributed by atoms with Crippen molar-refractivity contribution in [3.05, 3.63) is 71.3 Å². The van der Waals surface area contributed by atoms with Crippen molar-refractivity contribution in [1.82, 2.24) is 0 Å². The second kappa shape index (κ2) is 7.89. The van der Waals surface area contributed by atoms with E-state index in [4.69, 9.17) is 4.55 Å². The summed E-state index contributed by atoms with van der Waals surface area (Å²) in [6, 6.07) is 12.8. The summed E-state index contributed by atoms with van der Waals surface area (Å²) in [4.78, 5) is 24.1. The Morgan fingerprint density at radius 2 is 1.41 bits per heavy atom. The van der Waals surface area contributed by atoms with E-state index in [1.165, 1.54) is 12.1 Å². The maximum atomic E-state index is 12.8. The van der Waals surface area contributed by atoms with Gasteiger partial charge in [-0.05, 0) is 12.1 Å². The fourth-order valence-electron chi connectivity index (χ4n) is 2.10. The average Bonchev–Trinajstić information content (AvgIpc) is 2.59. The molecule has 2 aromatic carbocycles. The molecule has 6 nitrogen and oxygen atoms in total. The van der Waals surface area contributed by atoms with Crippen LogP contribution >= 0.6 is 0 Å². The molecule has 2 rings (SSSR count). The summed E-state index contributed by atoms with van der Waals surface area (Å²) in [6.45, 7) is 0. The SMILES string of the molecule is O=C(OC(CS(=O)(=O)O)C(F)(F)F)c1ccc(C(=O)c2ccccc2)cc1. The highest BCUT2D eigenvalue weighted by Crippen LogP contribution is 2.25. The van der Waals surface area contributed by atoms with Crippen LogP contribution in [0.3, 0.4) is 0 Å². The highest BCUT2D eigenvalue weighted by atomic mass is 32.2. The topological polar surface area (TPSA) is 97.7 Å². The molecule has 0 saturated heterocycles. The van der Waals surface area contributed by atoms with Gasteiger partial charge in [0.05, 0.1) is 5.56 Å².